The molecule has 2 N–H and O–H groups in total. The predicted molar refractivity (Wildman–Crippen MR) is 82.3 cm³/mol. The van der Waals surface area contributed by atoms with Crippen molar-refractivity contribution in [3.05, 3.63) is 0 Å². The molecule has 1 saturated carbocycles. The Hall–Kier alpha value is 0.270. The molecule has 3 heteroatoms. The van der Waals surface area contributed by atoms with Crippen LogP contribution in [-0.2, 0) is 0 Å². The van der Waals surface area contributed by atoms with Gasteiger partial charge in [-0.05, 0) is 63.0 Å². The number of nitrogens with one attached hydrogen (secondary N) is 1. The molecule has 1 aliphatic rings. The largest absolute Gasteiger partial charge is 0.394 e. The molecule has 0 aromatic rings. The third-order valence-electron chi connectivity index (χ3n) is 4.00. The van der Waals surface area contributed by atoms with Gasteiger partial charge >= 0.3 is 0 Å². The first kappa shape index (κ1) is 16.3. The Morgan fingerprint density at radius 3 is 2.67 bits per heavy atom. The van der Waals surface area contributed by atoms with Gasteiger partial charge in [0.2, 0.25) is 0 Å². The molecule has 0 aromatic carbocycles. The Kier molecular flexibility index (Phi) is 8.36. The van der Waals surface area contributed by atoms with Crippen LogP contribution in [0.25, 0.3) is 0 Å². The molecule has 1 atom stereocenters. The van der Waals surface area contributed by atoms with Crippen LogP contribution >= 0.6 is 11.8 Å². The summed E-state index contributed by atoms with van der Waals surface area (Å²) in [6.07, 6.45) is 9.25. The zero-order valence-electron chi connectivity index (χ0n) is 12.2. The van der Waals surface area contributed by atoms with Gasteiger partial charge < -0.3 is 10.4 Å². The first-order valence-corrected chi connectivity index (χ1v) is 8.79. The summed E-state index contributed by atoms with van der Waals surface area (Å²) in [4.78, 5) is 0. The normalized spacial score (nSPS) is 20.2. The Morgan fingerprint density at radius 1 is 1.33 bits per heavy atom. The summed E-state index contributed by atoms with van der Waals surface area (Å²) in [6.45, 7) is 5.57. The maximum atomic E-state index is 9.47. The van der Waals surface area contributed by atoms with E-state index in [0.29, 0.717) is 0 Å². The van der Waals surface area contributed by atoms with Crippen molar-refractivity contribution in [1.29, 1.82) is 0 Å². The van der Waals surface area contributed by atoms with Crippen LogP contribution in [0.15, 0.2) is 0 Å². The third-order valence-corrected chi connectivity index (χ3v) is 5.28. The molecular weight excluding hydrogens is 242 g/mol. The molecule has 0 heterocycles. The van der Waals surface area contributed by atoms with E-state index in [9.17, 15) is 5.11 Å². The predicted octanol–water partition coefficient (Wildman–Crippen LogP) is 3.44. The standard InChI is InChI=1S/C15H31NOS/c1-3-10-16-15(2,13-17)9-6-11-18-12-14-7-4-5-8-14/h14,16-17H,3-13H2,1-2H3. The van der Waals surface area contributed by atoms with Crippen LogP contribution in [0.4, 0.5) is 0 Å². The molecule has 0 amide bonds. The van der Waals surface area contributed by atoms with Gasteiger partial charge in [-0.25, -0.2) is 0 Å². The Labute approximate surface area is 117 Å². The van der Waals surface area contributed by atoms with Crippen LogP contribution < -0.4 is 5.32 Å². The van der Waals surface area contributed by atoms with Crippen LogP contribution in [-0.4, -0.2) is 35.3 Å². The van der Waals surface area contributed by atoms with E-state index in [1.165, 1.54) is 43.6 Å². The molecule has 18 heavy (non-hydrogen) atoms. The summed E-state index contributed by atoms with van der Waals surface area (Å²) >= 11 is 2.12. The highest BCUT2D eigenvalue weighted by atomic mass is 32.2. The van der Waals surface area contributed by atoms with Crippen molar-refractivity contribution >= 4 is 11.8 Å². The van der Waals surface area contributed by atoms with E-state index < -0.39 is 0 Å². The minimum atomic E-state index is -0.0655. The fraction of sp³-hybridized carbons (Fsp3) is 1.00. The lowest BCUT2D eigenvalue weighted by Crippen LogP contribution is -2.46. The lowest BCUT2D eigenvalue weighted by atomic mass is 9.97. The van der Waals surface area contributed by atoms with Gasteiger partial charge in [0.25, 0.3) is 0 Å². The van der Waals surface area contributed by atoms with E-state index in [1.54, 1.807) is 0 Å². The van der Waals surface area contributed by atoms with Crippen molar-refractivity contribution < 1.29 is 5.11 Å². The molecule has 0 radical (unpaired) electrons. The van der Waals surface area contributed by atoms with Crippen LogP contribution in [0.2, 0.25) is 0 Å². The quantitative estimate of drug-likeness (QED) is 0.598. The van der Waals surface area contributed by atoms with Crippen LogP contribution in [0.3, 0.4) is 0 Å². The van der Waals surface area contributed by atoms with Crippen molar-refractivity contribution in [1.82, 2.24) is 5.32 Å². The van der Waals surface area contributed by atoms with E-state index in [2.05, 4.69) is 30.9 Å². The highest BCUT2D eigenvalue weighted by Crippen LogP contribution is 2.28. The first-order chi connectivity index (χ1) is 8.70. The molecule has 1 unspecified atom stereocenters. The van der Waals surface area contributed by atoms with Crippen molar-refractivity contribution in [2.75, 3.05) is 24.7 Å². The van der Waals surface area contributed by atoms with Crippen LogP contribution in [0.1, 0.15) is 58.8 Å². The molecule has 0 aromatic heterocycles. The van der Waals surface area contributed by atoms with Crippen molar-refractivity contribution in [2.45, 2.75) is 64.3 Å². The Bertz CT molecular complexity index is 207. The number of aliphatic hydroxyl groups is 1. The van der Waals surface area contributed by atoms with Crippen molar-refractivity contribution in [2.24, 2.45) is 5.92 Å². The van der Waals surface area contributed by atoms with Gasteiger partial charge in [0, 0.05) is 5.54 Å². The lowest BCUT2D eigenvalue weighted by molar-refractivity contribution is 0.165. The number of thioether (sulfide) groups is 1. The van der Waals surface area contributed by atoms with Crippen LogP contribution in [0.5, 0.6) is 0 Å². The maximum Gasteiger partial charge on any atom is 0.0610 e. The smallest absolute Gasteiger partial charge is 0.0610 e. The molecule has 1 aliphatic carbocycles. The molecule has 0 spiro atoms. The van der Waals surface area contributed by atoms with E-state index >= 15 is 0 Å². The van der Waals surface area contributed by atoms with Gasteiger partial charge in [0.05, 0.1) is 6.61 Å². The maximum absolute atomic E-state index is 9.47. The minimum absolute atomic E-state index is 0.0655. The topological polar surface area (TPSA) is 32.3 Å². The number of hydrogen-bond donors (Lipinski definition) is 2. The molecule has 1 rings (SSSR count). The Morgan fingerprint density at radius 2 is 2.06 bits per heavy atom. The molecular formula is C15H31NOS. The molecule has 0 bridgehead atoms. The van der Waals surface area contributed by atoms with Gasteiger partial charge in [0.15, 0.2) is 0 Å². The lowest BCUT2D eigenvalue weighted by Gasteiger charge is -2.28. The average molecular weight is 273 g/mol. The van der Waals surface area contributed by atoms with Gasteiger partial charge in [0.1, 0.15) is 0 Å². The van der Waals surface area contributed by atoms with Gasteiger partial charge in [-0.3, -0.25) is 0 Å². The zero-order chi connectivity index (χ0) is 13.3. The van der Waals surface area contributed by atoms with Gasteiger partial charge in [-0.1, -0.05) is 19.8 Å². The van der Waals surface area contributed by atoms with Gasteiger partial charge in [-0.15, -0.1) is 0 Å². The number of rotatable bonds is 10. The fourth-order valence-corrected chi connectivity index (χ4v) is 3.82. The molecule has 0 aliphatic heterocycles. The number of hydrogen-bond acceptors (Lipinski definition) is 3. The van der Waals surface area contributed by atoms with E-state index in [-0.39, 0.29) is 12.1 Å². The summed E-state index contributed by atoms with van der Waals surface area (Å²) in [5.41, 5.74) is -0.0655. The third kappa shape index (κ3) is 6.44. The average Bonchev–Trinajstić information content (AvgIpc) is 2.89. The first-order valence-electron chi connectivity index (χ1n) is 7.64. The fourth-order valence-electron chi connectivity index (χ4n) is 2.64. The van der Waals surface area contributed by atoms with Crippen molar-refractivity contribution in [3.8, 4) is 0 Å². The monoisotopic (exact) mass is 273 g/mol. The molecule has 0 saturated heterocycles. The van der Waals surface area contributed by atoms with Gasteiger partial charge in [-0.2, -0.15) is 11.8 Å². The van der Waals surface area contributed by atoms with Crippen LogP contribution in [0, 0.1) is 5.92 Å². The van der Waals surface area contributed by atoms with E-state index in [1.807, 2.05) is 0 Å². The minimum Gasteiger partial charge on any atom is -0.394 e. The van der Waals surface area contributed by atoms with E-state index in [0.717, 1.165) is 25.3 Å². The highest BCUT2D eigenvalue weighted by Gasteiger charge is 2.21. The highest BCUT2D eigenvalue weighted by molar-refractivity contribution is 7.99. The SMILES string of the molecule is CCCNC(C)(CO)CCCSCC1CCCC1. The second kappa shape index (κ2) is 9.22. The second-order valence-corrected chi connectivity index (χ2v) is 7.12. The zero-order valence-corrected chi connectivity index (χ0v) is 13.0. The van der Waals surface area contributed by atoms with E-state index in [4.69, 9.17) is 0 Å². The summed E-state index contributed by atoms with van der Waals surface area (Å²) in [6, 6.07) is 0. The summed E-state index contributed by atoms with van der Waals surface area (Å²) in [7, 11) is 0. The summed E-state index contributed by atoms with van der Waals surface area (Å²) in [5, 5.41) is 12.9. The summed E-state index contributed by atoms with van der Waals surface area (Å²) in [5.74, 6) is 3.61. The molecule has 2 nitrogen and oxygen atoms in total. The van der Waals surface area contributed by atoms with Crippen molar-refractivity contribution in [3.63, 3.8) is 0 Å². The molecule has 108 valence electrons. The Balaban J connectivity index is 2.03. The second-order valence-electron chi connectivity index (χ2n) is 5.97. The molecule has 1 fully saturated rings. The number of aliphatic hydroxyl groups excluding tert-OH is 1. The summed E-state index contributed by atoms with van der Waals surface area (Å²) < 4.78 is 0.